The first-order chi connectivity index (χ1) is 7.81. The molecule has 2 aliphatic carbocycles. The quantitative estimate of drug-likeness (QED) is 0.768. The highest BCUT2D eigenvalue weighted by molar-refractivity contribution is 5.79. The number of amides is 1. The lowest BCUT2D eigenvalue weighted by atomic mass is 9.88. The average molecular weight is 224 g/mol. The van der Waals surface area contributed by atoms with Crippen molar-refractivity contribution in [1.82, 2.24) is 5.32 Å². The first kappa shape index (κ1) is 11.9. The second-order valence-electron chi connectivity index (χ2n) is 5.38. The van der Waals surface area contributed by atoms with Gasteiger partial charge in [-0.1, -0.05) is 25.7 Å². The molecule has 2 saturated carbocycles. The van der Waals surface area contributed by atoms with Gasteiger partial charge in [0.05, 0.1) is 0 Å². The number of nitrogens with one attached hydrogen (secondary N) is 1. The van der Waals surface area contributed by atoms with Gasteiger partial charge in [-0.2, -0.15) is 0 Å². The van der Waals surface area contributed by atoms with Crippen LogP contribution in [0.1, 0.15) is 51.4 Å². The Morgan fingerprint density at radius 2 is 1.81 bits per heavy atom. The van der Waals surface area contributed by atoms with Crippen LogP contribution in [0, 0.1) is 11.8 Å². The van der Waals surface area contributed by atoms with Crippen molar-refractivity contribution in [3.05, 3.63) is 0 Å². The highest BCUT2D eigenvalue weighted by Gasteiger charge is 2.30. The fraction of sp³-hybridized carbons (Fsp3) is 0.923. The van der Waals surface area contributed by atoms with E-state index in [0.717, 1.165) is 25.8 Å². The highest BCUT2D eigenvalue weighted by atomic mass is 16.1. The Balaban J connectivity index is 1.81. The molecule has 3 N–H and O–H groups in total. The van der Waals surface area contributed by atoms with Crippen molar-refractivity contribution in [3.63, 3.8) is 0 Å². The van der Waals surface area contributed by atoms with Gasteiger partial charge in [0.2, 0.25) is 5.91 Å². The summed E-state index contributed by atoms with van der Waals surface area (Å²) in [7, 11) is 0. The van der Waals surface area contributed by atoms with Crippen LogP contribution in [0.15, 0.2) is 0 Å². The summed E-state index contributed by atoms with van der Waals surface area (Å²) in [6.07, 6.45) is 9.46. The number of hydrogen-bond acceptors (Lipinski definition) is 2. The SMILES string of the molecule is NCC1CCCC1NC(=O)C1CCCCC1. The lowest BCUT2D eigenvalue weighted by Crippen LogP contribution is -2.43. The lowest BCUT2D eigenvalue weighted by molar-refractivity contribution is -0.126. The first-order valence-electron chi connectivity index (χ1n) is 6.81. The molecule has 0 aromatic heterocycles. The van der Waals surface area contributed by atoms with Crippen molar-refractivity contribution in [2.45, 2.75) is 57.4 Å². The van der Waals surface area contributed by atoms with Crippen molar-refractivity contribution < 1.29 is 4.79 Å². The molecule has 0 aromatic rings. The van der Waals surface area contributed by atoms with Gasteiger partial charge in [0.1, 0.15) is 0 Å². The van der Waals surface area contributed by atoms with Crippen LogP contribution >= 0.6 is 0 Å². The van der Waals surface area contributed by atoms with E-state index in [-0.39, 0.29) is 5.92 Å². The van der Waals surface area contributed by atoms with Crippen LogP contribution in [-0.2, 0) is 4.79 Å². The zero-order valence-corrected chi connectivity index (χ0v) is 10.1. The third-order valence-electron chi connectivity index (χ3n) is 4.27. The van der Waals surface area contributed by atoms with E-state index < -0.39 is 0 Å². The van der Waals surface area contributed by atoms with Crippen LogP contribution in [0.25, 0.3) is 0 Å². The van der Waals surface area contributed by atoms with E-state index in [1.165, 1.54) is 32.1 Å². The average Bonchev–Trinajstić information content (AvgIpc) is 2.77. The molecular weight excluding hydrogens is 200 g/mol. The molecule has 0 spiro atoms. The van der Waals surface area contributed by atoms with Crippen molar-refractivity contribution >= 4 is 5.91 Å². The Kier molecular flexibility index (Phi) is 4.22. The number of carbonyl (C=O) groups excluding carboxylic acids is 1. The summed E-state index contributed by atoms with van der Waals surface area (Å²) in [5.74, 6) is 1.10. The van der Waals surface area contributed by atoms with Gasteiger partial charge in [-0.3, -0.25) is 4.79 Å². The number of hydrogen-bond donors (Lipinski definition) is 2. The topological polar surface area (TPSA) is 55.1 Å². The Hall–Kier alpha value is -0.570. The zero-order chi connectivity index (χ0) is 11.4. The molecular formula is C13H24N2O. The second-order valence-corrected chi connectivity index (χ2v) is 5.38. The fourth-order valence-corrected chi connectivity index (χ4v) is 3.17. The maximum Gasteiger partial charge on any atom is 0.223 e. The summed E-state index contributed by atoms with van der Waals surface area (Å²) in [6, 6.07) is 0.361. The summed E-state index contributed by atoms with van der Waals surface area (Å²) < 4.78 is 0. The molecule has 2 rings (SSSR count). The molecule has 0 radical (unpaired) electrons. The maximum absolute atomic E-state index is 12.1. The molecule has 3 heteroatoms. The van der Waals surface area contributed by atoms with Crippen LogP contribution in [0.2, 0.25) is 0 Å². The van der Waals surface area contributed by atoms with E-state index in [2.05, 4.69) is 5.32 Å². The monoisotopic (exact) mass is 224 g/mol. The van der Waals surface area contributed by atoms with E-state index in [1.807, 2.05) is 0 Å². The van der Waals surface area contributed by atoms with Gasteiger partial charge in [0, 0.05) is 12.0 Å². The molecule has 0 bridgehead atoms. The summed E-state index contributed by atoms with van der Waals surface area (Å²) in [6.45, 7) is 0.718. The van der Waals surface area contributed by atoms with E-state index >= 15 is 0 Å². The van der Waals surface area contributed by atoms with Gasteiger partial charge in [-0.25, -0.2) is 0 Å². The standard InChI is InChI=1S/C13H24N2O/c14-9-11-7-4-8-12(11)15-13(16)10-5-2-1-3-6-10/h10-12H,1-9,14H2,(H,15,16). The van der Waals surface area contributed by atoms with Gasteiger partial charge < -0.3 is 11.1 Å². The molecule has 2 aliphatic rings. The van der Waals surface area contributed by atoms with Gasteiger partial charge in [-0.15, -0.1) is 0 Å². The zero-order valence-electron chi connectivity index (χ0n) is 10.1. The van der Waals surface area contributed by atoms with Crippen molar-refractivity contribution in [2.75, 3.05) is 6.54 Å². The van der Waals surface area contributed by atoms with Gasteiger partial charge >= 0.3 is 0 Å². The molecule has 16 heavy (non-hydrogen) atoms. The Bertz CT molecular complexity index is 236. The van der Waals surface area contributed by atoms with Crippen molar-refractivity contribution in [3.8, 4) is 0 Å². The molecule has 92 valence electrons. The minimum atomic E-state index is 0.285. The Labute approximate surface area is 98.2 Å². The third kappa shape index (κ3) is 2.76. The van der Waals surface area contributed by atoms with E-state index in [1.54, 1.807) is 0 Å². The predicted molar refractivity (Wildman–Crippen MR) is 64.9 cm³/mol. The number of carbonyl (C=O) groups is 1. The fourth-order valence-electron chi connectivity index (χ4n) is 3.17. The van der Waals surface area contributed by atoms with Crippen molar-refractivity contribution in [2.24, 2.45) is 17.6 Å². The van der Waals surface area contributed by atoms with E-state index in [9.17, 15) is 4.79 Å². The molecule has 0 aromatic carbocycles. The smallest absolute Gasteiger partial charge is 0.223 e. The summed E-state index contributed by atoms with van der Waals surface area (Å²) in [4.78, 5) is 12.1. The molecule has 2 fully saturated rings. The first-order valence-corrected chi connectivity index (χ1v) is 6.81. The van der Waals surface area contributed by atoms with Crippen LogP contribution in [0.3, 0.4) is 0 Å². The highest BCUT2D eigenvalue weighted by Crippen LogP contribution is 2.27. The second kappa shape index (κ2) is 5.67. The van der Waals surface area contributed by atoms with Crippen LogP contribution in [-0.4, -0.2) is 18.5 Å². The molecule has 0 heterocycles. The van der Waals surface area contributed by atoms with Crippen LogP contribution in [0.5, 0.6) is 0 Å². The molecule has 0 saturated heterocycles. The van der Waals surface area contributed by atoms with E-state index in [0.29, 0.717) is 17.9 Å². The minimum absolute atomic E-state index is 0.285. The number of rotatable bonds is 3. The van der Waals surface area contributed by atoms with Gasteiger partial charge in [-0.05, 0) is 38.1 Å². The third-order valence-corrected chi connectivity index (χ3v) is 4.27. The van der Waals surface area contributed by atoms with E-state index in [4.69, 9.17) is 5.73 Å². The molecule has 2 atom stereocenters. The predicted octanol–water partition coefficient (Wildman–Crippen LogP) is 1.81. The van der Waals surface area contributed by atoms with Crippen molar-refractivity contribution in [1.29, 1.82) is 0 Å². The maximum atomic E-state index is 12.1. The molecule has 1 amide bonds. The summed E-state index contributed by atoms with van der Waals surface area (Å²) in [5, 5.41) is 3.23. The molecule has 3 nitrogen and oxygen atoms in total. The molecule has 0 aliphatic heterocycles. The number of nitrogens with two attached hydrogens (primary N) is 1. The lowest BCUT2D eigenvalue weighted by Gasteiger charge is -2.25. The van der Waals surface area contributed by atoms with Gasteiger partial charge in [0.25, 0.3) is 0 Å². The van der Waals surface area contributed by atoms with Crippen LogP contribution in [0.4, 0.5) is 0 Å². The normalized spacial score (nSPS) is 31.6. The van der Waals surface area contributed by atoms with Gasteiger partial charge in [0.15, 0.2) is 0 Å². The largest absolute Gasteiger partial charge is 0.353 e. The minimum Gasteiger partial charge on any atom is -0.353 e. The summed E-state index contributed by atoms with van der Waals surface area (Å²) in [5.41, 5.74) is 5.73. The van der Waals surface area contributed by atoms with Crippen LogP contribution < -0.4 is 11.1 Å². The summed E-state index contributed by atoms with van der Waals surface area (Å²) >= 11 is 0. The Morgan fingerprint density at radius 1 is 1.06 bits per heavy atom. The Morgan fingerprint density at radius 3 is 2.50 bits per heavy atom. The molecule has 2 unspecified atom stereocenters.